The second-order valence-electron chi connectivity index (χ2n) is 4.37. The number of rotatable bonds is 5. The highest BCUT2D eigenvalue weighted by molar-refractivity contribution is 7.89. The van der Waals surface area contributed by atoms with Gasteiger partial charge in [-0.05, 0) is 37.1 Å². The Kier molecular flexibility index (Phi) is 4.86. The predicted molar refractivity (Wildman–Crippen MR) is 71.3 cm³/mol. The lowest BCUT2D eigenvalue weighted by Crippen LogP contribution is -2.32. The maximum atomic E-state index is 12.3. The molecule has 0 aliphatic heterocycles. The minimum atomic E-state index is -3.89. The zero-order valence-corrected chi connectivity index (χ0v) is 12.2. The number of halogens is 2. The van der Waals surface area contributed by atoms with Crippen LogP contribution in [0.1, 0.15) is 11.1 Å². The summed E-state index contributed by atoms with van der Waals surface area (Å²) in [5, 5.41) is 2.92. The fraction of sp³-hybridized carbons (Fsp3) is 0.500. The minimum Gasteiger partial charge on any atom is -0.388 e. The third kappa shape index (κ3) is 3.42. The van der Waals surface area contributed by atoms with E-state index in [1.165, 1.54) is 0 Å². The monoisotopic (exact) mass is 292 g/mol. The van der Waals surface area contributed by atoms with Gasteiger partial charge in [0, 0.05) is 19.8 Å². The van der Waals surface area contributed by atoms with Crippen molar-refractivity contribution in [2.24, 2.45) is 0 Å². The van der Waals surface area contributed by atoms with Crippen LogP contribution in [0.3, 0.4) is 0 Å². The highest BCUT2D eigenvalue weighted by Gasteiger charge is 2.27. The molecule has 0 radical (unpaired) electrons. The van der Waals surface area contributed by atoms with Gasteiger partial charge >= 0.3 is 0 Å². The van der Waals surface area contributed by atoms with E-state index in [4.69, 9.17) is 0 Å². The van der Waals surface area contributed by atoms with Crippen molar-refractivity contribution in [1.29, 1.82) is 0 Å². The fourth-order valence-corrected chi connectivity index (χ4v) is 3.50. The quantitative estimate of drug-likeness (QED) is 0.905. The summed E-state index contributed by atoms with van der Waals surface area (Å²) >= 11 is 0. The first kappa shape index (κ1) is 15.8. The number of nitrogens with one attached hydrogen (secondary N) is 1. The Morgan fingerprint density at radius 1 is 1.26 bits per heavy atom. The Bertz CT molecular complexity index is 536. The van der Waals surface area contributed by atoms with E-state index in [-0.39, 0.29) is 4.90 Å². The van der Waals surface area contributed by atoms with Gasteiger partial charge in [0.15, 0.2) is 0 Å². The normalized spacial score (nSPS) is 12.2. The van der Waals surface area contributed by atoms with E-state index in [1.807, 2.05) is 0 Å². The number of anilines is 1. The molecule has 4 nitrogen and oxygen atoms in total. The van der Waals surface area contributed by atoms with Crippen molar-refractivity contribution in [2.45, 2.75) is 25.2 Å². The Balaban J connectivity index is 3.29. The molecule has 1 rings (SSSR count). The van der Waals surface area contributed by atoms with Crippen molar-refractivity contribution in [3.05, 3.63) is 23.3 Å². The zero-order chi connectivity index (χ0) is 14.8. The van der Waals surface area contributed by atoms with Gasteiger partial charge in [-0.15, -0.1) is 0 Å². The second kappa shape index (κ2) is 5.83. The van der Waals surface area contributed by atoms with Crippen LogP contribution in [0, 0.1) is 13.8 Å². The van der Waals surface area contributed by atoms with Crippen molar-refractivity contribution in [3.8, 4) is 0 Å². The average Bonchev–Trinajstić information content (AvgIpc) is 2.26. The third-order valence-corrected chi connectivity index (χ3v) is 4.94. The molecule has 0 fully saturated rings. The van der Waals surface area contributed by atoms with Gasteiger partial charge < -0.3 is 5.32 Å². The molecule has 0 aliphatic carbocycles. The van der Waals surface area contributed by atoms with E-state index in [0.717, 1.165) is 12.7 Å². The number of alkyl halides is 2. The molecule has 0 heterocycles. The number of sulfonamides is 1. The molecular formula is C12H18F2N2O2S. The molecule has 0 unspecified atom stereocenters. The summed E-state index contributed by atoms with van der Waals surface area (Å²) in [4.78, 5) is 0.0923. The first-order chi connectivity index (χ1) is 8.70. The molecule has 0 saturated heterocycles. The second-order valence-corrected chi connectivity index (χ2v) is 6.35. The van der Waals surface area contributed by atoms with Crippen molar-refractivity contribution in [1.82, 2.24) is 4.31 Å². The van der Waals surface area contributed by atoms with Crippen molar-refractivity contribution in [2.75, 3.05) is 26.0 Å². The SMILES string of the molecule is CNc1cc(C)c(S(=O)(=O)N(C)CC(F)F)c(C)c1. The van der Waals surface area contributed by atoms with Crippen LogP contribution < -0.4 is 5.32 Å². The number of hydrogen-bond acceptors (Lipinski definition) is 3. The van der Waals surface area contributed by atoms with Crippen LogP contribution in [0.5, 0.6) is 0 Å². The van der Waals surface area contributed by atoms with Gasteiger partial charge in [-0.1, -0.05) is 0 Å². The Hall–Kier alpha value is -1.21. The highest BCUT2D eigenvalue weighted by Crippen LogP contribution is 2.26. The maximum Gasteiger partial charge on any atom is 0.252 e. The van der Waals surface area contributed by atoms with Crippen LogP contribution in [0.4, 0.5) is 14.5 Å². The molecule has 0 saturated carbocycles. The summed E-state index contributed by atoms with van der Waals surface area (Å²) in [5.74, 6) is 0. The smallest absolute Gasteiger partial charge is 0.252 e. The van der Waals surface area contributed by atoms with E-state index >= 15 is 0 Å². The zero-order valence-electron chi connectivity index (χ0n) is 11.4. The summed E-state index contributed by atoms with van der Waals surface area (Å²) in [5.41, 5.74) is 1.85. The van der Waals surface area contributed by atoms with Crippen LogP contribution in [-0.4, -0.2) is 39.8 Å². The molecule has 7 heteroatoms. The topological polar surface area (TPSA) is 49.4 Å². The van der Waals surface area contributed by atoms with E-state index in [1.54, 1.807) is 33.0 Å². The average molecular weight is 292 g/mol. The van der Waals surface area contributed by atoms with E-state index in [9.17, 15) is 17.2 Å². The van der Waals surface area contributed by atoms with Gasteiger partial charge in [0.25, 0.3) is 6.43 Å². The van der Waals surface area contributed by atoms with Crippen molar-refractivity contribution >= 4 is 15.7 Å². The molecule has 0 aliphatic rings. The first-order valence-electron chi connectivity index (χ1n) is 5.73. The Morgan fingerprint density at radius 2 is 1.74 bits per heavy atom. The molecule has 108 valence electrons. The lowest BCUT2D eigenvalue weighted by molar-refractivity contribution is 0.126. The summed E-state index contributed by atoms with van der Waals surface area (Å²) < 4.78 is 49.9. The van der Waals surface area contributed by atoms with Crippen molar-refractivity contribution < 1.29 is 17.2 Å². The van der Waals surface area contributed by atoms with E-state index < -0.39 is 23.0 Å². The van der Waals surface area contributed by atoms with Crippen LogP contribution in [-0.2, 0) is 10.0 Å². The van der Waals surface area contributed by atoms with Crippen molar-refractivity contribution in [3.63, 3.8) is 0 Å². The molecule has 0 atom stereocenters. The molecule has 0 aromatic heterocycles. The lowest BCUT2D eigenvalue weighted by Gasteiger charge is -2.20. The fourth-order valence-electron chi connectivity index (χ4n) is 1.95. The van der Waals surface area contributed by atoms with E-state index in [0.29, 0.717) is 15.4 Å². The first-order valence-corrected chi connectivity index (χ1v) is 7.17. The van der Waals surface area contributed by atoms with Gasteiger partial charge in [-0.25, -0.2) is 17.2 Å². The molecule has 1 N–H and O–H groups in total. The number of hydrogen-bond donors (Lipinski definition) is 1. The summed E-state index contributed by atoms with van der Waals surface area (Å²) in [6.45, 7) is 2.49. The molecule has 1 aromatic carbocycles. The Labute approximate surface area is 112 Å². The molecular weight excluding hydrogens is 274 g/mol. The number of benzene rings is 1. The number of aryl methyl sites for hydroxylation is 2. The number of nitrogens with zero attached hydrogens (tertiary/aromatic N) is 1. The van der Waals surface area contributed by atoms with E-state index in [2.05, 4.69) is 5.32 Å². The summed E-state index contributed by atoms with van der Waals surface area (Å²) in [6.07, 6.45) is -2.70. The molecule has 1 aromatic rings. The third-order valence-electron chi connectivity index (χ3n) is 2.81. The van der Waals surface area contributed by atoms with Gasteiger partial charge in [0.05, 0.1) is 11.4 Å². The minimum absolute atomic E-state index is 0.0923. The van der Waals surface area contributed by atoms with Crippen LogP contribution in [0.15, 0.2) is 17.0 Å². The molecule has 0 amide bonds. The predicted octanol–water partition coefficient (Wildman–Crippen LogP) is 2.23. The standard InChI is InChI=1S/C12H18F2N2O2S/c1-8-5-10(15-3)6-9(2)12(8)19(17,18)16(4)7-11(13)14/h5-6,11,15H,7H2,1-4H3. The van der Waals surface area contributed by atoms with Crippen LogP contribution >= 0.6 is 0 Å². The van der Waals surface area contributed by atoms with Gasteiger partial charge in [-0.3, -0.25) is 0 Å². The Morgan fingerprint density at radius 3 is 2.11 bits per heavy atom. The van der Waals surface area contributed by atoms with Gasteiger partial charge in [0.1, 0.15) is 0 Å². The summed E-state index contributed by atoms with van der Waals surface area (Å²) in [7, 11) is -1.01. The molecule has 0 bridgehead atoms. The largest absolute Gasteiger partial charge is 0.388 e. The molecule has 19 heavy (non-hydrogen) atoms. The van der Waals surface area contributed by atoms with Crippen LogP contribution in [0.25, 0.3) is 0 Å². The molecule has 0 spiro atoms. The highest BCUT2D eigenvalue weighted by atomic mass is 32.2. The maximum absolute atomic E-state index is 12.3. The van der Waals surface area contributed by atoms with Gasteiger partial charge in [-0.2, -0.15) is 4.31 Å². The van der Waals surface area contributed by atoms with Crippen LogP contribution in [0.2, 0.25) is 0 Å². The lowest BCUT2D eigenvalue weighted by atomic mass is 10.1. The summed E-state index contributed by atoms with van der Waals surface area (Å²) in [6, 6.07) is 3.35. The van der Waals surface area contributed by atoms with Gasteiger partial charge in [0.2, 0.25) is 10.0 Å².